The Kier molecular flexibility index (Phi) is 4.24. The van der Waals surface area contributed by atoms with Crippen molar-refractivity contribution in [3.8, 4) is 11.4 Å². The highest BCUT2D eigenvalue weighted by Crippen LogP contribution is 2.26. The molecule has 0 atom stereocenters. The van der Waals surface area contributed by atoms with Crippen LogP contribution in [0.5, 0.6) is 0 Å². The van der Waals surface area contributed by atoms with E-state index in [4.69, 9.17) is 0 Å². The van der Waals surface area contributed by atoms with Crippen molar-refractivity contribution in [2.75, 3.05) is 5.32 Å². The van der Waals surface area contributed by atoms with Gasteiger partial charge in [0.1, 0.15) is 5.82 Å². The number of aromatic nitrogens is 2. The number of rotatable bonds is 3. The lowest BCUT2D eigenvalue weighted by molar-refractivity contribution is 0.102. The number of nitrogens with zero attached hydrogens (tertiary/aromatic N) is 1. The van der Waals surface area contributed by atoms with Gasteiger partial charge in [-0.3, -0.25) is 4.79 Å². The number of carbonyl (C=O) groups is 1. The maximum atomic E-state index is 12.7. The van der Waals surface area contributed by atoms with Crippen molar-refractivity contribution < 1.29 is 4.79 Å². The lowest BCUT2D eigenvalue weighted by atomic mass is 10.1. The summed E-state index contributed by atoms with van der Waals surface area (Å²) in [7, 11) is 0. The largest absolute Gasteiger partial charge is 0.338 e. The SMILES string of the molecule is Cc1ccc(C(=O)Nc2cc(-c3nc4ccccc4[nH]3)ccc2C)cc1C. The number of aryl methyl sites for hydroxylation is 3. The Morgan fingerprint density at radius 2 is 1.67 bits per heavy atom. The Morgan fingerprint density at radius 3 is 2.44 bits per heavy atom. The summed E-state index contributed by atoms with van der Waals surface area (Å²) < 4.78 is 0. The number of amides is 1. The van der Waals surface area contributed by atoms with E-state index in [0.29, 0.717) is 5.56 Å². The highest BCUT2D eigenvalue weighted by Gasteiger charge is 2.11. The number of H-pyrrole nitrogens is 1. The molecule has 1 amide bonds. The summed E-state index contributed by atoms with van der Waals surface area (Å²) in [5.41, 5.74) is 7.59. The molecule has 2 N–H and O–H groups in total. The van der Waals surface area contributed by atoms with Crippen molar-refractivity contribution in [3.05, 3.63) is 82.9 Å². The number of carbonyl (C=O) groups excluding carboxylic acids is 1. The smallest absolute Gasteiger partial charge is 0.255 e. The van der Waals surface area contributed by atoms with Crippen LogP contribution in [0, 0.1) is 20.8 Å². The van der Waals surface area contributed by atoms with Gasteiger partial charge >= 0.3 is 0 Å². The molecule has 0 fully saturated rings. The first-order valence-electron chi connectivity index (χ1n) is 8.95. The van der Waals surface area contributed by atoms with E-state index in [-0.39, 0.29) is 5.91 Å². The van der Waals surface area contributed by atoms with Gasteiger partial charge in [0, 0.05) is 16.8 Å². The Hall–Kier alpha value is -3.40. The summed E-state index contributed by atoms with van der Waals surface area (Å²) in [5, 5.41) is 3.04. The van der Waals surface area contributed by atoms with Gasteiger partial charge in [-0.15, -0.1) is 0 Å². The molecule has 134 valence electrons. The van der Waals surface area contributed by atoms with Gasteiger partial charge in [-0.1, -0.05) is 30.3 Å². The molecule has 4 aromatic rings. The summed E-state index contributed by atoms with van der Waals surface area (Å²) in [6.07, 6.45) is 0. The third kappa shape index (κ3) is 3.34. The Morgan fingerprint density at radius 1 is 0.889 bits per heavy atom. The molecule has 0 saturated carbocycles. The molecular weight excluding hydrogens is 334 g/mol. The van der Waals surface area contributed by atoms with Crippen LogP contribution in [0.1, 0.15) is 27.0 Å². The normalized spacial score (nSPS) is 10.9. The molecule has 0 aliphatic rings. The average molecular weight is 355 g/mol. The number of anilines is 1. The van der Waals surface area contributed by atoms with Crippen molar-refractivity contribution in [2.24, 2.45) is 0 Å². The van der Waals surface area contributed by atoms with E-state index < -0.39 is 0 Å². The molecule has 0 aliphatic carbocycles. The van der Waals surface area contributed by atoms with Crippen molar-refractivity contribution in [1.29, 1.82) is 0 Å². The molecule has 0 unspecified atom stereocenters. The number of aromatic amines is 1. The third-order valence-electron chi connectivity index (χ3n) is 4.92. The molecule has 0 bridgehead atoms. The molecular formula is C23H21N3O. The number of hydrogen-bond donors (Lipinski definition) is 2. The van der Waals surface area contributed by atoms with Crippen molar-refractivity contribution in [3.63, 3.8) is 0 Å². The molecule has 4 rings (SSSR count). The van der Waals surface area contributed by atoms with Gasteiger partial charge in [-0.25, -0.2) is 4.98 Å². The van der Waals surface area contributed by atoms with Crippen LogP contribution in [0.15, 0.2) is 60.7 Å². The molecule has 0 spiro atoms. The summed E-state index contributed by atoms with van der Waals surface area (Å²) in [6.45, 7) is 6.04. The zero-order chi connectivity index (χ0) is 19.0. The first-order chi connectivity index (χ1) is 13.0. The van der Waals surface area contributed by atoms with Gasteiger partial charge in [-0.05, 0) is 67.8 Å². The second kappa shape index (κ2) is 6.72. The zero-order valence-electron chi connectivity index (χ0n) is 15.6. The van der Waals surface area contributed by atoms with E-state index in [9.17, 15) is 4.79 Å². The quantitative estimate of drug-likeness (QED) is 0.516. The van der Waals surface area contributed by atoms with E-state index in [2.05, 4.69) is 15.3 Å². The fraction of sp³-hybridized carbons (Fsp3) is 0.130. The Labute approximate surface area is 158 Å². The highest BCUT2D eigenvalue weighted by molar-refractivity contribution is 6.05. The predicted molar refractivity (Wildman–Crippen MR) is 110 cm³/mol. The summed E-state index contributed by atoms with van der Waals surface area (Å²) in [5.74, 6) is 0.681. The minimum Gasteiger partial charge on any atom is -0.338 e. The van der Waals surface area contributed by atoms with Crippen LogP contribution in [-0.4, -0.2) is 15.9 Å². The maximum absolute atomic E-state index is 12.7. The number of fused-ring (bicyclic) bond motifs is 1. The molecule has 1 heterocycles. The molecule has 4 heteroatoms. The number of hydrogen-bond acceptors (Lipinski definition) is 2. The topological polar surface area (TPSA) is 57.8 Å². The molecule has 0 radical (unpaired) electrons. The van der Waals surface area contributed by atoms with Crippen LogP contribution < -0.4 is 5.32 Å². The number of imidazole rings is 1. The minimum absolute atomic E-state index is 0.108. The number of para-hydroxylation sites is 2. The maximum Gasteiger partial charge on any atom is 0.255 e. The van der Waals surface area contributed by atoms with E-state index >= 15 is 0 Å². The second-order valence-corrected chi connectivity index (χ2v) is 6.89. The first kappa shape index (κ1) is 17.0. The van der Waals surface area contributed by atoms with E-state index in [1.807, 2.05) is 81.4 Å². The van der Waals surface area contributed by atoms with E-state index in [1.54, 1.807) is 0 Å². The minimum atomic E-state index is -0.108. The number of nitrogens with one attached hydrogen (secondary N) is 2. The monoisotopic (exact) mass is 355 g/mol. The summed E-state index contributed by atoms with van der Waals surface area (Å²) >= 11 is 0. The molecule has 3 aromatic carbocycles. The van der Waals surface area contributed by atoms with Crippen LogP contribution >= 0.6 is 0 Å². The van der Waals surface area contributed by atoms with Gasteiger partial charge in [0.2, 0.25) is 0 Å². The second-order valence-electron chi connectivity index (χ2n) is 6.89. The van der Waals surface area contributed by atoms with Gasteiger partial charge < -0.3 is 10.3 Å². The average Bonchev–Trinajstić information content (AvgIpc) is 3.10. The Bertz CT molecular complexity index is 1120. The molecule has 4 nitrogen and oxygen atoms in total. The zero-order valence-corrected chi connectivity index (χ0v) is 15.6. The lowest BCUT2D eigenvalue weighted by Gasteiger charge is -2.11. The van der Waals surface area contributed by atoms with Gasteiger partial charge in [-0.2, -0.15) is 0 Å². The van der Waals surface area contributed by atoms with Crippen LogP contribution in [0.4, 0.5) is 5.69 Å². The molecule has 27 heavy (non-hydrogen) atoms. The molecule has 0 saturated heterocycles. The summed E-state index contributed by atoms with van der Waals surface area (Å²) in [4.78, 5) is 20.7. The standard InChI is InChI=1S/C23H21N3O/c1-14-8-11-18(12-16(14)3)23(27)26-21-13-17(10-9-15(21)2)22-24-19-6-4-5-7-20(19)25-22/h4-13H,1-3H3,(H,24,25)(H,26,27). The fourth-order valence-corrected chi connectivity index (χ4v) is 3.07. The fourth-order valence-electron chi connectivity index (χ4n) is 3.07. The van der Waals surface area contributed by atoms with Crippen molar-refractivity contribution >= 4 is 22.6 Å². The van der Waals surface area contributed by atoms with Gasteiger partial charge in [0.15, 0.2) is 0 Å². The molecule has 0 aliphatic heterocycles. The number of benzene rings is 3. The van der Waals surface area contributed by atoms with E-state index in [1.165, 1.54) is 5.56 Å². The van der Waals surface area contributed by atoms with Crippen LogP contribution in [0.3, 0.4) is 0 Å². The highest BCUT2D eigenvalue weighted by atomic mass is 16.1. The summed E-state index contributed by atoms with van der Waals surface area (Å²) in [6, 6.07) is 19.7. The van der Waals surface area contributed by atoms with Gasteiger partial charge in [0.05, 0.1) is 11.0 Å². The van der Waals surface area contributed by atoms with Crippen LogP contribution in [0.2, 0.25) is 0 Å². The molecule has 1 aromatic heterocycles. The predicted octanol–water partition coefficient (Wildman–Crippen LogP) is 5.41. The van der Waals surface area contributed by atoms with Gasteiger partial charge in [0.25, 0.3) is 5.91 Å². The first-order valence-corrected chi connectivity index (χ1v) is 8.95. The van der Waals surface area contributed by atoms with E-state index in [0.717, 1.165) is 39.2 Å². The van der Waals surface area contributed by atoms with Crippen LogP contribution in [-0.2, 0) is 0 Å². The van der Waals surface area contributed by atoms with Crippen molar-refractivity contribution in [1.82, 2.24) is 9.97 Å². The third-order valence-corrected chi connectivity index (χ3v) is 4.92. The van der Waals surface area contributed by atoms with Crippen LogP contribution in [0.25, 0.3) is 22.4 Å². The van der Waals surface area contributed by atoms with Crippen molar-refractivity contribution in [2.45, 2.75) is 20.8 Å². The Balaban J connectivity index is 1.66. The lowest BCUT2D eigenvalue weighted by Crippen LogP contribution is -2.13.